The lowest BCUT2D eigenvalue weighted by molar-refractivity contribution is -0.151. The first-order valence-electron chi connectivity index (χ1n) is 9.41. The normalized spacial score (nSPS) is 16.0. The first-order valence-corrected chi connectivity index (χ1v) is 10.3. The number of esters is 1. The van der Waals surface area contributed by atoms with Gasteiger partial charge >= 0.3 is 5.97 Å². The topological polar surface area (TPSA) is 75.7 Å². The van der Waals surface area contributed by atoms with Gasteiger partial charge in [0.05, 0.1) is 4.88 Å². The molecular weight excluding hydrogens is 388 g/mol. The molecule has 6 nitrogen and oxygen atoms in total. The number of hydrogen-bond acceptors (Lipinski definition) is 5. The molecule has 1 aliphatic heterocycles. The van der Waals surface area contributed by atoms with E-state index >= 15 is 0 Å². The van der Waals surface area contributed by atoms with Gasteiger partial charge in [-0.15, -0.1) is 11.3 Å². The van der Waals surface area contributed by atoms with Gasteiger partial charge in [-0.25, -0.2) is 4.79 Å². The predicted octanol–water partition coefficient (Wildman–Crippen LogP) is 3.69. The lowest BCUT2D eigenvalue weighted by Crippen LogP contribution is -2.41. The molecule has 2 aromatic carbocycles. The van der Waals surface area contributed by atoms with Crippen LogP contribution in [0, 0.1) is 0 Å². The van der Waals surface area contributed by atoms with Gasteiger partial charge in [0.15, 0.2) is 6.61 Å². The minimum atomic E-state index is -0.641. The number of nitrogens with one attached hydrogen (secondary N) is 1. The second kappa shape index (κ2) is 8.45. The summed E-state index contributed by atoms with van der Waals surface area (Å²) in [6.07, 6.45) is 1.28. The van der Waals surface area contributed by atoms with Crippen molar-refractivity contribution < 1.29 is 19.1 Å². The van der Waals surface area contributed by atoms with E-state index < -0.39 is 17.9 Å². The summed E-state index contributed by atoms with van der Waals surface area (Å²) < 4.78 is 5.20. The van der Waals surface area contributed by atoms with Crippen LogP contribution in [0.25, 0.3) is 10.8 Å². The lowest BCUT2D eigenvalue weighted by Gasteiger charge is -2.22. The molecule has 0 radical (unpaired) electrons. The number of fused-ring (bicyclic) bond motifs is 1. The van der Waals surface area contributed by atoms with Gasteiger partial charge in [-0.3, -0.25) is 9.59 Å². The number of thiophene rings is 1. The molecular formula is C22H20N2O4S. The molecule has 148 valence electrons. The van der Waals surface area contributed by atoms with Gasteiger partial charge in [-0.2, -0.15) is 0 Å². The van der Waals surface area contributed by atoms with Crippen molar-refractivity contribution in [1.29, 1.82) is 0 Å². The molecule has 29 heavy (non-hydrogen) atoms. The highest BCUT2D eigenvalue weighted by Gasteiger charge is 2.36. The van der Waals surface area contributed by atoms with Gasteiger partial charge in [0.1, 0.15) is 6.04 Å². The van der Waals surface area contributed by atoms with E-state index in [1.54, 1.807) is 18.2 Å². The molecule has 0 aliphatic carbocycles. The molecule has 2 heterocycles. The molecule has 1 saturated heterocycles. The summed E-state index contributed by atoms with van der Waals surface area (Å²) in [6.45, 7) is 0.128. The average Bonchev–Trinajstić information content (AvgIpc) is 3.43. The van der Waals surface area contributed by atoms with Gasteiger partial charge in [0.25, 0.3) is 11.8 Å². The Morgan fingerprint density at radius 1 is 1.07 bits per heavy atom. The largest absolute Gasteiger partial charge is 0.454 e. The first kappa shape index (κ1) is 19.1. The zero-order chi connectivity index (χ0) is 20.2. The third-order valence-corrected chi connectivity index (χ3v) is 5.75. The van der Waals surface area contributed by atoms with Crippen molar-refractivity contribution >= 4 is 45.6 Å². The van der Waals surface area contributed by atoms with Crippen LogP contribution in [0.5, 0.6) is 0 Å². The summed E-state index contributed by atoms with van der Waals surface area (Å²) in [7, 11) is 0. The van der Waals surface area contributed by atoms with E-state index in [-0.39, 0.29) is 12.5 Å². The maximum absolute atomic E-state index is 12.6. The predicted molar refractivity (Wildman–Crippen MR) is 112 cm³/mol. The number of hydrogen-bond donors (Lipinski definition) is 1. The summed E-state index contributed by atoms with van der Waals surface area (Å²) in [5, 5.41) is 6.66. The zero-order valence-corrected chi connectivity index (χ0v) is 16.5. The first-order chi connectivity index (χ1) is 14.1. The molecule has 1 atom stereocenters. The van der Waals surface area contributed by atoms with Crippen molar-refractivity contribution in [3.63, 3.8) is 0 Å². The quantitative estimate of drug-likeness (QED) is 0.654. The van der Waals surface area contributed by atoms with Crippen LogP contribution >= 0.6 is 11.3 Å². The standard InChI is InChI=1S/C22H20N2O4S/c25-20(23-17-10-9-15-5-1-2-6-16(15)13-17)14-28-22(27)18-7-3-11-24(18)21(26)19-8-4-12-29-19/h1-2,4-6,8-10,12-13,18H,3,7,11,14H2,(H,23,25). The number of likely N-dealkylation sites (tertiary alicyclic amines) is 1. The Morgan fingerprint density at radius 2 is 1.90 bits per heavy atom. The van der Waals surface area contributed by atoms with E-state index in [1.807, 2.05) is 41.8 Å². The van der Waals surface area contributed by atoms with Gasteiger partial charge < -0.3 is 15.0 Å². The number of carbonyl (C=O) groups is 3. The van der Waals surface area contributed by atoms with Crippen LogP contribution in [0.1, 0.15) is 22.5 Å². The van der Waals surface area contributed by atoms with Crippen LogP contribution in [0.4, 0.5) is 5.69 Å². The molecule has 0 bridgehead atoms. The fourth-order valence-electron chi connectivity index (χ4n) is 3.49. The Hall–Kier alpha value is -3.19. The fraction of sp³-hybridized carbons (Fsp3) is 0.227. The van der Waals surface area contributed by atoms with Gasteiger partial charge in [-0.1, -0.05) is 36.4 Å². The van der Waals surface area contributed by atoms with E-state index in [9.17, 15) is 14.4 Å². The molecule has 2 amide bonds. The SMILES string of the molecule is O=C(COC(=O)C1CCCN1C(=O)c1cccs1)Nc1ccc2ccccc2c1. The average molecular weight is 408 g/mol. The molecule has 1 fully saturated rings. The molecule has 7 heteroatoms. The summed E-state index contributed by atoms with van der Waals surface area (Å²) in [5.41, 5.74) is 0.639. The van der Waals surface area contributed by atoms with Crippen LogP contribution in [-0.4, -0.2) is 41.9 Å². The Balaban J connectivity index is 1.33. The van der Waals surface area contributed by atoms with Gasteiger partial charge in [0, 0.05) is 12.2 Å². The van der Waals surface area contributed by atoms with Crippen LogP contribution in [0.2, 0.25) is 0 Å². The highest BCUT2D eigenvalue weighted by molar-refractivity contribution is 7.12. The van der Waals surface area contributed by atoms with E-state index in [4.69, 9.17) is 4.74 Å². The van der Waals surface area contributed by atoms with Gasteiger partial charge in [0.2, 0.25) is 0 Å². The highest BCUT2D eigenvalue weighted by atomic mass is 32.1. The van der Waals surface area contributed by atoms with Crippen molar-refractivity contribution in [1.82, 2.24) is 4.90 Å². The Bertz CT molecular complexity index is 1050. The van der Waals surface area contributed by atoms with Crippen LogP contribution in [0.15, 0.2) is 60.0 Å². The number of anilines is 1. The Labute approximate surface area is 172 Å². The number of carbonyl (C=O) groups excluding carboxylic acids is 3. The summed E-state index contributed by atoms with van der Waals surface area (Å²) in [6, 6.07) is 16.3. The monoisotopic (exact) mass is 408 g/mol. The maximum atomic E-state index is 12.6. The van der Waals surface area contributed by atoms with Crippen LogP contribution < -0.4 is 5.32 Å². The van der Waals surface area contributed by atoms with E-state index in [0.717, 1.165) is 17.2 Å². The highest BCUT2D eigenvalue weighted by Crippen LogP contribution is 2.23. The summed E-state index contributed by atoms with van der Waals surface area (Å²) in [5.74, 6) is -1.12. The molecule has 0 saturated carbocycles. The summed E-state index contributed by atoms with van der Waals surface area (Å²) >= 11 is 1.34. The Morgan fingerprint density at radius 3 is 2.69 bits per heavy atom. The smallest absolute Gasteiger partial charge is 0.329 e. The van der Waals surface area contributed by atoms with Crippen molar-refractivity contribution in [3.05, 3.63) is 64.9 Å². The Kier molecular flexibility index (Phi) is 5.57. The summed E-state index contributed by atoms with van der Waals surface area (Å²) in [4.78, 5) is 39.4. The molecule has 0 spiro atoms. The van der Waals surface area contributed by atoms with Crippen LogP contribution in [-0.2, 0) is 14.3 Å². The van der Waals surface area contributed by atoms with Crippen molar-refractivity contribution in [3.8, 4) is 0 Å². The zero-order valence-electron chi connectivity index (χ0n) is 15.7. The third-order valence-electron chi connectivity index (χ3n) is 4.90. The van der Waals surface area contributed by atoms with Crippen LogP contribution in [0.3, 0.4) is 0 Å². The third kappa shape index (κ3) is 4.30. The molecule has 1 unspecified atom stereocenters. The minimum Gasteiger partial charge on any atom is -0.454 e. The second-order valence-electron chi connectivity index (χ2n) is 6.85. The molecule has 1 aliphatic rings. The fourth-order valence-corrected chi connectivity index (χ4v) is 4.17. The maximum Gasteiger partial charge on any atom is 0.329 e. The van der Waals surface area contributed by atoms with Crippen molar-refractivity contribution in [2.75, 3.05) is 18.5 Å². The molecule has 4 rings (SSSR count). The molecule has 3 aromatic rings. The molecule has 1 aromatic heterocycles. The van der Waals surface area contributed by atoms with Crippen molar-refractivity contribution in [2.24, 2.45) is 0 Å². The van der Waals surface area contributed by atoms with E-state index in [2.05, 4.69) is 5.32 Å². The molecule has 1 N–H and O–H groups in total. The number of rotatable bonds is 5. The number of nitrogens with zero attached hydrogens (tertiary/aromatic N) is 1. The number of ether oxygens (including phenoxy) is 1. The van der Waals surface area contributed by atoms with Crippen molar-refractivity contribution in [2.45, 2.75) is 18.9 Å². The number of benzene rings is 2. The van der Waals surface area contributed by atoms with E-state index in [0.29, 0.717) is 23.5 Å². The second-order valence-corrected chi connectivity index (χ2v) is 7.80. The lowest BCUT2D eigenvalue weighted by atomic mass is 10.1. The van der Waals surface area contributed by atoms with Gasteiger partial charge in [-0.05, 0) is 47.2 Å². The number of amides is 2. The minimum absolute atomic E-state index is 0.167. The van der Waals surface area contributed by atoms with E-state index in [1.165, 1.54) is 16.2 Å².